The van der Waals surface area contributed by atoms with E-state index in [9.17, 15) is 9.59 Å². The minimum absolute atomic E-state index is 0.188. The van der Waals surface area contributed by atoms with Crippen LogP contribution in [-0.2, 0) is 14.3 Å². The van der Waals surface area contributed by atoms with Crippen LogP contribution in [0.2, 0.25) is 0 Å². The first-order valence-electron chi connectivity index (χ1n) is 9.14. The molecule has 0 amide bonds. The lowest BCUT2D eigenvalue weighted by atomic mass is 10.1. The molecule has 7 heteroatoms. The van der Waals surface area contributed by atoms with E-state index in [1.807, 2.05) is 31.2 Å². The summed E-state index contributed by atoms with van der Waals surface area (Å²) in [4.78, 5) is 28.4. The molecule has 0 aliphatic carbocycles. The number of carbonyl (C=O) groups is 2. The van der Waals surface area contributed by atoms with Crippen molar-refractivity contribution in [3.8, 4) is 11.5 Å². The van der Waals surface area contributed by atoms with Gasteiger partial charge in [0, 0.05) is 9.13 Å². The lowest BCUT2D eigenvalue weighted by Crippen LogP contribution is -2.15. The molecule has 0 radical (unpaired) electrons. The second kappa shape index (κ2) is 9.21. The Hall–Kier alpha value is -2.68. The molecule has 0 aromatic heterocycles. The maximum absolute atomic E-state index is 12.2. The molecule has 0 unspecified atom stereocenters. The molecule has 1 aliphatic rings. The van der Waals surface area contributed by atoms with Crippen molar-refractivity contribution in [2.45, 2.75) is 20.8 Å². The van der Waals surface area contributed by atoms with Crippen molar-refractivity contribution < 1.29 is 23.8 Å². The molecule has 150 valence electrons. The Morgan fingerprint density at radius 3 is 2.55 bits per heavy atom. The molecule has 2 aromatic rings. The summed E-state index contributed by atoms with van der Waals surface area (Å²) in [6, 6.07) is 12.6. The number of cyclic esters (lactones) is 1. The molecule has 0 bridgehead atoms. The predicted octanol–water partition coefficient (Wildman–Crippen LogP) is 4.60. The van der Waals surface area contributed by atoms with Crippen molar-refractivity contribution in [3.63, 3.8) is 0 Å². The highest BCUT2D eigenvalue weighted by molar-refractivity contribution is 14.1. The Bertz CT molecular complexity index is 993. The molecule has 2 aromatic carbocycles. The van der Waals surface area contributed by atoms with E-state index >= 15 is 0 Å². The molecule has 0 atom stereocenters. The lowest BCUT2D eigenvalue weighted by Gasteiger charge is -2.12. The third-order valence-electron chi connectivity index (χ3n) is 3.96. The SMILES string of the molecule is CCOc1cc(/C=C2\N=C(c3ccc(I)cc3)OC2=O)ccc1OC(=O)C(C)C. The zero-order valence-electron chi connectivity index (χ0n) is 16.3. The molecule has 0 fully saturated rings. The molecule has 0 N–H and O–H groups in total. The van der Waals surface area contributed by atoms with Crippen molar-refractivity contribution >= 4 is 46.5 Å². The van der Waals surface area contributed by atoms with Gasteiger partial charge in [-0.05, 0) is 77.6 Å². The zero-order chi connectivity index (χ0) is 21.0. The molecule has 3 rings (SSSR count). The van der Waals surface area contributed by atoms with E-state index in [1.165, 1.54) is 0 Å². The van der Waals surface area contributed by atoms with Crippen LogP contribution in [0.1, 0.15) is 31.9 Å². The fourth-order valence-electron chi connectivity index (χ4n) is 2.48. The third-order valence-corrected chi connectivity index (χ3v) is 4.68. The molecule has 0 spiro atoms. The van der Waals surface area contributed by atoms with Gasteiger partial charge in [-0.25, -0.2) is 9.79 Å². The molecule has 0 saturated heterocycles. The maximum Gasteiger partial charge on any atom is 0.363 e. The number of rotatable bonds is 6. The van der Waals surface area contributed by atoms with Crippen molar-refractivity contribution in [3.05, 3.63) is 62.9 Å². The summed E-state index contributed by atoms with van der Waals surface area (Å²) in [5.41, 5.74) is 1.60. The van der Waals surface area contributed by atoms with E-state index < -0.39 is 5.97 Å². The van der Waals surface area contributed by atoms with Crippen LogP contribution in [0.25, 0.3) is 6.08 Å². The summed E-state index contributed by atoms with van der Waals surface area (Å²) in [6.45, 7) is 5.77. The van der Waals surface area contributed by atoms with Crippen LogP contribution in [0.15, 0.2) is 53.2 Å². The second-order valence-corrected chi connectivity index (χ2v) is 7.80. The Kier molecular flexibility index (Phi) is 6.68. The first-order valence-corrected chi connectivity index (χ1v) is 10.2. The summed E-state index contributed by atoms with van der Waals surface area (Å²) in [6.07, 6.45) is 1.61. The van der Waals surface area contributed by atoms with Crippen LogP contribution in [0.5, 0.6) is 11.5 Å². The number of hydrogen-bond acceptors (Lipinski definition) is 6. The van der Waals surface area contributed by atoms with Crippen molar-refractivity contribution in [1.82, 2.24) is 0 Å². The fourth-order valence-corrected chi connectivity index (χ4v) is 2.84. The van der Waals surface area contributed by atoms with Crippen LogP contribution in [-0.4, -0.2) is 24.4 Å². The average molecular weight is 505 g/mol. The van der Waals surface area contributed by atoms with Crippen molar-refractivity contribution in [2.24, 2.45) is 10.9 Å². The summed E-state index contributed by atoms with van der Waals surface area (Å²) < 4.78 is 17.3. The first-order chi connectivity index (χ1) is 13.9. The zero-order valence-corrected chi connectivity index (χ0v) is 18.4. The smallest absolute Gasteiger partial charge is 0.363 e. The van der Waals surface area contributed by atoms with E-state index in [2.05, 4.69) is 27.6 Å². The van der Waals surface area contributed by atoms with Gasteiger partial charge in [-0.1, -0.05) is 19.9 Å². The van der Waals surface area contributed by atoms with Gasteiger partial charge in [-0.15, -0.1) is 0 Å². The number of aliphatic imine (C=N–C) groups is 1. The van der Waals surface area contributed by atoms with Gasteiger partial charge >= 0.3 is 11.9 Å². The molecule has 6 nitrogen and oxygen atoms in total. The largest absolute Gasteiger partial charge is 0.490 e. The molecule has 29 heavy (non-hydrogen) atoms. The van der Waals surface area contributed by atoms with Crippen LogP contribution in [0.4, 0.5) is 0 Å². The number of nitrogens with zero attached hydrogens (tertiary/aromatic N) is 1. The maximum atomic E-state index is 12.2. The normalized spacial score (nSPS) is 14.7. The quantitative estimate of drug-likeness (QED) is 0.249. The monoisotopic (exact) mass is 505 g/mol. The summed E-state index contributed by atoms with van der Waals surface area (Å²) in [5, 5.41) is 0. The highest BCUT2D eigenvalue weighted by atomic mass is 127. The standard InChI is InChI=1S/C22H20INO5/c1-4-27-19-12-14(5-10-18(19)28-21(25)13(2)3)11-17-22(26)29-20(24-17)15-6-8-16(23)9-7-15/h5-13H,4H2,1-3H3/b17-11-. The highest BCUT2D eigenvalue weighted by Crippen LogP contribution is 2.31. The second-order valence-electron chi connectivity index (χ2n) is 6.56. The Morgan fingerprint density at radius 1 is 1.17 bits per heavy atom. The van der Waals surface area contributed by atoms with Gasteiger partial charge < -0.3 is 14.2 Å². The van der Waals surface area contributed by atoms with Gasteiger partial charge in [-0.3, -0.25) is 4.79 Å². The molecule has 1 aliphatic heterocycles. The number of ether oxygens (including phenoxy) is 3. The first kappa shape index (κ1) is 21.0. The van der Waals surface area contributed by atoms with E-state index in [-0.39, 0.29) is 23.5 Å². The van der Waals surface area contributed by atoms with Crippen molar-refractivity contribution in [2.75, 3.05) is 6.61 Å². The van der Waals surface area contributed by atoms with Crippen LogP contribution >= 0.6 is 22.6 Å². The summed E-state index contributed by atoms with van der Waals surface area (Å²) in [7, 11) is 0. The van der Waals surface area contributed by atoms with Gasteiger partial charge in [0.1, 0.15) is 0 Å². The average Bonchev–Trinajstić information content (AvgIpc) is 3.05. The predicted molar refractivity (Wildman–Crippen MR) is 118 cm³/mol. The molecule has 1 heterocycles. The Balaban J connectivity index is 1.88. The Morgan fingerprint density at radius 2 is 1.90 bits per heavy atom. The van der Waals surface area contributed by atoms with Gasteiger partial charge in [0.15, 0.2) is 17.2 Å². The summed E-state index contributed by atoms with van der Waals surface area (Å²) >= 11 is 2.20. The van der Waals surface area contributed by atoms with E-state index in [4.69, 9.17) is 14.2 Å². The van der Waals surface area contributed by atoms with Gasteiger partial charge in [-0.2, -0.15) is 0 Å². The fraction of sp³-hybridized carbons (Fsp3) is 0.227. The molecular weight excluding hydrogens is 485 g/mol. The van der Waals surface area contributed by atoms with Crippen LogP contribution in [0, 0.1) is 9.49 Å². The number of esters is 2. The minimum Gasteiger partial charge on any atom is -0.490 e. The minimum atomic E-state index is -0.521. The number of carbonyl (C=O) groups excluding carboxylic acids is 2. The van der Waals surface area contributed by atoms with Gasteiger partial charge in [0.2, 0.25) is 5.90 Å². The molecule has 0 saturated carbocycles. The van der Waals surface area contributed by atoms with Gasteiger partial charge in [0.25, 0.3) is 0 Å². The van der Waals surface area contributed by atoms with E-state index in [0.29, 0.717) is 23.7 Å². The number of benzene rings is 2. The van der Waals surface area contributed by atoms with Crippen molar-refractivity contribution in [1.29, 1.82) is 0 Å². The highest BCUT2D eigenvalue weighted by Gasteiger charge is 2.24. The number of hydrogen-bond donors (Lipinski definition) is 0. The van der Waals surface area contributed by atoms with E-state index in [1.54, 1.807) is 38.1 Å². The Labute approximate surface area is 182 Å². The van der Waals surface area contributed by atoms with Gasteiger partial charge in [0.05, 0.1) is 12.5 Å². The van der Waals surface area contributed by atoms with E-state index in [0.717, 1.165) is 9.13 Å². The lowest BCUT2D eigenvalue weighted by molar-refractivity contribution is -0.138. The number of halogens is 1. The van der Waals surface area contributed by atoms with Crippen LogP contribution < -0.4 is 9.47 Å². The third kappa shape index (κ3) is 5.23. The van der Waals surface area contributed by atoms with Crippen LogP contribution in [0.3, 0.4) is 0 Å². The topological polar surface area (TPSA) is 74.2 Å². The molecular formula is C22H20INO5. The summed E-state index contributed by atoms with van der Waals surface area (Å²) in [5.74, 6) is -0.0948.